The van der Waals surface area contributed by atoms with E-state index < -0.39 is 5.97 Å². The van der Waals surface area contributed by atoms with Crippen molar-refractivity contribution in [3.63, 3.8) is 0 Å². The number of benzene rings is 1. The molecule has 0 unspecified atom stereocenters. The number of carbonyl (C=O) groups is 1. The number of hydrogen-bond acceptors (Lipinski definition) is 3. The first kappa shape index (κ1) is 12.3. The lowest BCUT2D eigenvalue weighted by atomic mass is 10.2. The lowest BCUT2D eigenvalue weighted by Crippen LogP contribution is -1.99. The summed E-state index contributed by atoms with van der Waals surface area (Å²) in [5.41, 5.74) is 2.38. The second-order valence-electron chi connectivity index (χ2n) is 4.48. The summed E-state index contributed by atoms with van der Waals surface area (Å²) in [5.74, 6) is -0.245. The molecule has 0 amide bonds. The van der Waals surface area contributed by atoms with Crippen molar-refractivity contribution in [2.24, 2.45) is 7.05 Å². The molecule has 0 bridgehead atoms. The minimum Gasteiger partial charge on any atom is -0.497 e. The first-order chi connectivity index (χ1) is 9.61. The third-order valence-corrected chi connectivity index (χ3v) is 3.38. The van der Waals surface area contributed by atoms with Gasteiger partial charge in [0, 0.05) is 18.5 Å². The molecule has 0 aliphatic heterocycles. The third kappa shape index (κ3) is 1.73. The number of nitrogens with zero attached hydrogens (tertiary/aromatic N) is 2. The molecule has 0 aliphatic rings. The first-order valence-electron chi connectivity index (χ1n) is 6.02. The van der Waals surface area contributed by atoms with E-state index in [1.807, 2.05) is 35.9 Å². The van der Waals surface area contributed by atoms with Gasteiger partial charge in [0.1, 0.15) is 11.3 Å². The van der Waals surface area contributed by atoms with Crippen LogP contribution in [-0.4, -0.2) is 33.0 Å². The summed E-state index contributed by atoms with van der Waals surface area (Å²) in [6.07, 6.45) is 1.32. The number of carboxylic acids is 1. The molecule has 3 rings (SSSR count). The Labute approximate surface area is 114 Å². The molecule has 0 aliphatic carbocycles. The fraction of sp³-hybridized carbons (Fsp3) is 0.143. The number of carboxylic acid groups (broad SMARTS) is 1. The highest BCUT2D eigenvalue weighted by Gasteiger charge is 2.18. The lowest BCUT2D eigenvalue weighted by Gasteiger charge is -2.04. The molecule has 2 N–H and O–H groups in total. The van der Waals surface area contributed by atoms with Crippen molar-refractivity contribution < 1.29 is 14.6 Å². The van der Waals surface area contributed by atoms with Gasteiger partial charge in [0.25, 0.3) is 0 Å². The highest BCUT2D eigenvalue weighted by molar-refractivity contribution is 5.96. The smallest absolute Gasteiger partial charge is 0.339 e. The van der Waals surface area contributed by atoms with Gasteiger partial charge in [-0.1, -0.05) is 0 Å². The molecule has 0 atom stereocenters. The molecular weight excluding hydrogens is 258 g/mol. The van der Waals surface area contributed by atoms with E-state index in [9.17, 15) is 9.90 Å². The maximum Gasteiger partial charge on any atom is 0.339 e. The Kier molecular flexibility index (Phi) is 2.71. The molecule has 6 nitrogen and oxygen atoms in total. The molecule has 3 aromatic rings. The fourth-order valence-corrected chi connectivity index (χ4v) is 2.32. The number of aromatic amines is 1. The van der Waals surface area contributed by atoms with Gasteiger partial charge >= 0.3 is 5.97 Å². The average molecular weight is 271 g/mol. The van der Waals surface area contributed by atoms with Gasteiger partial charge in [0.2, 0.25) is 0 Å². The van der Waals surface area contributed by atoms with Gasteiger partial charge in [-0.05, 0) is 18.2 Å². The van der Waals surface area contributed by atoms with Crippen molar-refractivity contribution in [2.75, 3.05) is 7.11 Å². The summed E-state index contributed by atoms with van der Waals surface area (Å²) in [6.45, 7) is 0. The standard InChI is InChI=1S/C14H13N3O3/c1-17-11-6-9(20-2)4-3-8(11)5-12(17)13-10(14(18)19)7-15-16-13/h3-7H,1-2H3,(H,15,16)(H,18,19). The molecular formula is C14H13N3O3. The Morgan fingerprint density at radius 1 is 1.40 bits per heavy atom. The molecule has 20 heavy (non-hydrogen) atoms. The average Bonchev–Trinajstić information content (AvgIpc) is 3.03. The zero-order chi connectivity index (χ0) is 14.3. The van der Waals surface area contributed by atoms with Gasteiger partial charge in [-0.15, -0.1) is 0 Å². The zero-order valence-corrected chi connectivity index (χ0v) is 11.0. The van der Waals surface area contributed by atoms with Gasteiger partial charge in [0.05, 0.1) is 30.2 Å². The van der Waals surface area contributed by atoms with Crippen LogP contribution < -0.4 is 4.74 Å². The van der Waals surface area contributed by atoms with Gasteiger partial charge in [-0.25, -0.2) is 4.79 Å². The summed E-state index contributed by atoms with van der Waals surface area (Å²) in [6, 6.07) is 7.65. The molecule has 0 radical (unpaired) electrons. The normalized spacial score (nSPS) is 10.9. The van der Waals surface area contributed by atoms with E-state index in [0.717, 1.165) is 22.3 Å². The quantitative estimate of drug-likeness (QED) is 0.765. The predicted octanol–water partition coefficient (Wildman–Crippen LogP) is 2.28. The van der Waals surface area contributed by atoms with Gasteiger partial charge in [-0.2, -0.15) is 5.10 Å². The van der Waals surface area contributed by atoms with Crippen molar-refractivity contribution in [1.29, 1.82) is 0 Å². The number of aromatic nitrogens is 3. The maximum atomic E-state index is 11.2. The fourth-order valence-electron chi connectivity index (χ4n) is 2.32. The van der Waals surface area contributed by atoms with Crippen LogP contribution in [0.4, 0.5) is 0 Å². The first-order valence-corrected chi connectivity index (χ1v) is 6.02. The van der Waals surface area contributed by atoms with Crippen molar-refractivity contribution in [3.05, 3.63) is 36.0 Å². The number of rotatable bonds is 3. The Bertz CT molecular complexity index is 801. The number of hydrogen-bond donors (Lipinski definition) is 2. The van der Waals surface area contributed by atoms with Crippen LogP contribution >= 0.6 is 0 Å². The summed E-state index contributed by atoms with van der Waals surface area (Å²) in [7, 11) is 3.49. The number of fused-ring (bicyclic) bond motifs is 1. The summed E-state index contributed by atoms with van der Waals surface area (Å²) >= 11 is 0. The SMILES string of the molecule is COc1ccc2cc(-c3[nH]ncc3C(=O)O)n(C)c2c1. The Morgan fingerprint density at radius 2 is 2.20 bits per heavy atom. The van der Waals surface area contributed by atoms with Gasteiger partial charge in [-0.3, -0.25) is 5.10 Å². The van der Waals surface area contributed by atoms with Crippen LogP contribution in [0.25, 0.3) is 22.3 Å². The van der Waals surface area contributed by atoms with Crippen LogP contribution in [0.15, 0.2) is 30.5 Å². The summed E-state index contributed by atoms with van der Waals surface area (Å²) in [5, 5.41) is 16.8. The molecule has 6 heteroatoms. The van der Waals surface area contributed by atoms with E-state index >= 15 is 0 Å². The van der Waals surface area contributed by atoms with E-state index in [1.165, 1.54) is 6.20 Å². The van der Waals surface area contributed by atoms with Gasteiger partial charge < -0.3 is 14.4 Å². The minimum atomic E-state index is -1.00. The Hall–Kier alpha value is -2.76. The number of H-pyrrole nitrogens is 1. The van der Waals surface area contributed by atoms with Crippen LogP contribution in [-0.2, 0) is 7.05 Å². The predicted molar refractivity (Wildman–Crippen MR) is 74.0 cm³/mol. The van der Waals surface area contributed by atoms with Gasteiger partial charge in [0.15, 0.2) is 0 Å². The van der Waals surface area contributed by atoms with Crippen LogP contribution in [0.5, 0.6) is 5.75 Å². The third-order valence-electron chi connectivity index (χ3n) is 3.38. The van der Waals surface area contributed by atoms with E-state index in [0.29, 0.717) is 5.69 Å². The van der Waals surface area contributed by atoms with Crippen LogP contribution in [0, 0.1) is 0 Å². The molecule has 0 fully saturated rings. The second kappa shape index (κ2) is 4.41. The van der Waals surface area contributed by atoms with Crippen molar-refractivity contribution in [2.45, 2.75) is 0 Å². The highest BCUT2D eigenvalue weighted by atomic mass is 16.5. The van der Waals surface area contributed by atoms with Crippen molar-refractivity contribution in [3.8, 4) is 17.1 Å². The van der Waals surface area contributed by atoms with E-state index in [1.54, 1.807) is 7.11 Å². The number of nitrogens with one attached hydrogen (secondary N) is 1. The van der Waals surface area contributed by atoms with E-state index in [2.05, 4.69) is 10.2 Å². The van der Waals surface area contributed by atoms with E-state index in [4.69, 9.17) is 4.74 Å². The topological polar surface area (TPSA) is 80.1 Å². The van der Waals surface area contributed by atoms with E-state index in [-0.39, 0.29) is 5.56 Å². The number of aromatic carboxylic acids is 1. The molecule has 102 valence electrons. The van der Waals surface area contributed by atoms with Crippen LogP contribution in [0.3, 0.4) is 0 Å². The number of aryl methyl sites for hydroxylation is 1. The number of ether oxygens (including phenoxy) is 1. The van der Waals surface area contributed by atoms with Crippen LogP contribution in [0.1, 0.15) is 10.4 Å². The van der Waals surface area contributed by atoms with Crippen LogP contribution in [0.2, 0.25) is 0 Å². The molecule has 0 saturated carbocycles. The largest absolute Gasteiger partial charge is 0.497 e. The molecule has 2 aromatic heterocycles. The minimum absolute atomic E-state index is 0.155. The molecule has 0 saturated heterocycles. The lowest BCUT2D eigenvalue weighted by molar-refractivity contribution is 0.0698. The summed E-state index contributed by atoms with van der Waals surface area (Å²) in [4.78, 5) is 11.2. The monoisotopic (exact) mass is 271 g/mol. The Morgan fingerprint density at radius 3 is 2.90 bits per heavy atom. The Balaban J connectivity index is 2.24. The number of methoxy groups -OCH3 is 1. The molecule has 2 heterocycles. The second-order valence-corrected chi connectivity index (χ2v) is 4.48. The van der Waals surface area contributed by atoms with Crippen molar-refractivity contribution >= 4 is 16.9 Å². The summed E-state index contributed by atoms with van der Waals surface area (Å²) < 4.78 is 7.13. The zero-order valence-electron chi connectivity index (χ0n) is 11.0. The van der Waals surface area contributed by atoms with Crippen molar-refractivity contribution in [1.82, 2.24) is 14.8 Å². The maximum absolute atomic E-state index is 11.2. The molecule has 1 aromatic carbocycles. The highest BCUT2D eigenvalue weighted by Crippen LogP contribution is 2.30. The molecule has 0 spiro atoms.